The molecule has 0 amide bonds. The van der Waals surface area contributed by atoms with E-state index in [9.17, 15) is 0 Å². The second-order valence-electron chi connectivity index (χ2n) is 4.77. The van der Waals surface area contributed by atoms with Crippen LogP contribution in [-0.2, 0) is 0 Å². The summed E-state index contributed by atoms with van der Waals surface area (Å²) in [5.74, 6) is 0. The van der Waals surface area contributed by atoms with Gasteiger partial charge in [-0.15, -0.1) is 0 Å². The maximum Gasteiger partial charge on any atom is 0.0696 e. The van der Waals surface area contributed by atoms with E-state index in [0.717, 1.165) is 27.4 Å². The number of pyridine rings is 1. The molecule has 1 heterocycles. The summed E-state index contributed by atoms with van der Waals surface area (Å²) in [6, 6.07) is 13.5. The first-order valence-electron chi connectivity index (χ1n) is 7.07. The van der Waals surface area contributed by atoms with Gasteiger partial charge < -0.3 is 0 Å². The van der Waals surface area contributed by atoms with Gasteiger partial charge in [-0.3, -0.25) is 4.98 Å². The Bertz CT molecular complexity index is 707. The van der Waals surface area contributed by atoms with Crippen LogP contribution in [0.1, 0.15) is 18.2 Å². The van der Waals surface area contributed by atoms with Crippen LogP contribution in [0.5, 0.6) is 0 Å². The minimum absolute atomic E-state index is 0.741. The third-order valence-electron chi connectivity index (χ3n) is 3.03. The minimum atomic E-state index is 0.741. The van der Waals surface area contributed by atoms with Crippen molar-refractivity contribution in [2.75, 3.05) is 0 Å². The molecule has 1 aromatic heterocycles. The van der Waals surface area contributed by atoms with Crippen molar-refractivity contribution >= 4 is 23.3 Å². The fraction of sp³-hybridized carbons (Fsp3) is 0.0500. The highest BCUT2D eigenvalue weighted by atomic mass is 35.5. The lowest BCUT2D eigenvalue weighted by atomic mass is 10.1. The van der Waals surface area contributed by atoms with E-state index in [1.54, 1.807) is 6.20 Å². The molecular weight excluding hydrogens is 290 g/mol. The Labute approximate surface area is 137 Å². The number of hydrogen-bond donors (Lipinski definition) is 0. The highest BCUT2D eigenvalue weighted by Crippen LogP contribution is 2.16. The van der Waals surface area contributed by atoms with Crippen molar-refractivity contribution in [1.29, 1.82) is 0 Å². The third-order valence-corrected chi connectivity index (χ3v) is 3.28. The van der Waals surface area contributed by atoms with Gasteiger partial charge in [0, 0.05) is 11.2 Å². The molecule has 0 aliphatic heterocycles. The van der Waals surface area contributed by atoms with Crippen LogP contribution in [0.4, 0.5) is 0 Å². The maximum atomic E-state index is 5.90. The van der Waals surface area contributed by atoms with Gasteiger partial charge in [-0.25, -0.2) is 0 Å². The lowest BCUT2D eigenvalue weighted by molar-refractivity contribution is 1.28. The van der Waals surface area contributed by atoms with E-state index >= 15 is 0 Å². The third kappa shape index (κ3) is 4.87. The Morgan fingerprint density at radius 1 is 1.09 bits per heavy atom. The molecule has 0 aliphatic carbocycles. The summed E-state index contributed by atoms with van der Waals surface area (Å²) in [6.07, 6.45) is 11.9. The summed E-state index contributed by atoms with van der Waals surface area (Å²) in [5.41, 5.74) is 3.93. The molecule has 0 bridgehead atoms. The average Bonchev–Trinajstić information content (AvgIpc) is 2.55. The molecular formula is C20H18ClN. The number of benzene rings is 1. The van der Waals surface area contributed by atoms with Crippen LogP contribution in [0.3, 0.4) is 0 Å². The van der Waals surface area contributed by atoms with Gasteiger partial charge in [0.2, 0.25) is 0 Å². The largest absolute Gasteiger partial charge is 0.256 e. The summed E-state index contributed by atoms with van der Waals surface area (Å²) >= 11 is 5.90. The van der Waals surface area contributed by atoms with Gasteiger partial charge >= 0.3 is 0 Å². The second-order valence-corrected chi connectivity index (χ2v) is 5.21. The zero-order valence-corrected chi connectivity index (χ0v) is 13.3. The molecule has 0 spiro atoms. The van der Waals surface area contributed by atoms with Crippen molar-refractivity contribution in [1.82, 2.24) is 4.98 Å². The van der Waals surface area contributed by atoms with Crippen LogP contribution in [0, 0.1) is 0 Å². The Morgan fingerprint density at radius 3 is 2.50 bits per heavy atom. The van der Waals surface area contributed by atoms with Gasteiger partial charge in [0.05, 0.1) is 5.69 Å². The Kier molecular flexibility index (Phi) is 5.93. The first kappa shape index (κ1) is 16.0. The molecule has 0 atom stereocenters. The molecule has 1 aromatic carbocycles. The molecule has 0 fully saturated rings. The average molecular weight is 308 g/mol. The minimum Gasteiger partial charge on any atom is -0.256 e. The SMILES string of the molecule is C=C(/C=C(\C=C/C)/C=C\c1ccc(Cl)cc1)c1ccccn1. The van der Waals surface area contributed by atoms with Crippen molar-refractivity contribution in [3.05, 3.63) is 101 Å². The number of nitrogens with zero attached hydrogens (tertiary/aromatic N) is 1. The maximum absolute atomic E-state index is 5.90. The smallest absolute Gasteiger partial charge is 0.0696 e. The highest BCUT2D eigenvalue weighted by molar-refractivity contribution is 6.30. The van der Waals surface area contributed by atoms with E-state index in [1.165, 1.54) is 0 Å². The number of allylic oxidation sites excluding steroid dienone is 6. The molecule has 0 N–H and O–H groups in total. The molecule has 0 saturated carbocycles. The molecule has 110 valence electrons. The lowest BCUT2D eigenvalue weighted by Gasteiger charge is -2.01. The predicted molar refractivity (Wildman–Crippen MR) is 96.7 cm³/mol. The topological polar surface area (TPSA) is 12.9 Å². The van der Waals surface area contributed by atoms with E-state index in [1.807, 2.05) is 73.7 Å². The fourth-order valence-corrected chi connectivity index (χ4v) is 2.06. The van der Waals surface area contributed by atoms with Crippen molar-refractivity contribution < 1.29 is 0 Å². The summed E-state index contributed by atoms with van der Waals surface area (Å²) in [7, 11) is 0. The summed E-state index contributed by atoms with van der Waals surface area (Å²) in [4.78, 5) is 4.31. The standard InChI is InChI=1S/C20H18ClN/c1-3-6-18(9-8-17-10-12-19(21)13-11-17)15-16(2)20-7-4-5-14-22-20/h3-15H,2H2,1H3/b6-3-,9-8-,18-15+. The van der Waals surface area contributed by atoms with Crippen LogP contribution < -0.4 is 0 Å². The van der Waals surface area contributed by atoms with Crippen LogP contribution in [0.15, 0.2) is 85.1 Å². The molecule has 22 heavy (non-hydrogen) atoms. The Morgan fingerprint density at radius 2 is 1.86 bits per heavy atom. The number of hydrogen-bond acceptors (Lipinski definition) is 1. The van der Waals surface area contributed by atoms with Crippen molar-refractivity contribution in [2.45, 2.75) is 6.92 Å². The number of halogens is 1. The normalized spacial score (nSPS) is 12.2. The zero-order chi connectivity index (χ0) is 15.8. The van der Waals surface area contributed by atoms with Crippen LogP contribution in [-0.4, -0.2) is 4.98 Å². The van der Waals surface area contributed by atoms with Gasteiger partial charge in [0.1, 0.15) is 0 Å². The van der Waals surface area contributed by atoms with Gasteiger partial charge in [-0.1, -0.05) is 60.7 Å². The highest BCUT2D eigenvalue weighted by Gasteiger charge is 1.97. The molecule has 0 saturated heterocycles. The zero-order valence-electron chi connectivity index (χ0n) is 12.5. The number of rotatable bonds is 5. The summed E-state index contributed by atoms with van der Waals surface area (Å²) in [5, 5.41) is 0.741. The molecule has 2 rings (SSSR count). The summed E-state index contributed by atoms with van der Waals surface area (Å²) in [6.45, 7) is 6.08. The van der Waals surface area contributed by atoms with E-state index < -0.39 is 0 Å². The molecule has 0 unspecified atom stereocenters. The Hall–Kier alpha value is -2.38. The monoisotopic (exact) mass is 307 g/mol. The van der Waals surface area contributed by atoms with E-state index in [-0.39, 0.29) is 0 Å². The van der Waals surface area contributed by atoms with Crippen LogP contribution in [0.2, 0.25) is 5.02 Å². The quantitative estimate of drug-likeness (QED) is 0.621. The van der Waals surface area contributed by atoms with Crippen molar-refractivity contribution in [2.24, 2.45) is 0 Å². The fourth-order valence-electron chi connectivity index (χ4n) is 1.94. The van der Waals surface area contributed by atoms with Gasteiger partial charge in [0.25, 0.3) is 0 Å². The molecule has 2 heteroatoms. The molecule has 1 nitrogen and oxygen atoms in total. The number of aromatic nitrogens is 1. The van der Waals surface area contributed by atoms with E-state index in [0.29, 0.717) is 0 Å². The van der Waals surface area contributed by atoms with Crippen LogP contribution in [0.25, 0.3) is 11.6 Å². The van der Waals surface area contributed by atoms with Crippen LogP contribution >= 0.6 is 11.6 Å². The lowest BCUT2D eigenvalue weighted by Crippen LogP contribution is -1.84. The van der Waals surface area contributed by atoms with Gasteiger partial charge in [0.15, 0.2) is 0 Å². The second kappa shape index (κ2) is 8.16. The molecule has 0 radical (unpaired) electrons. The predicted octanol–water partition coefficient (Wildman–Crippen LogP) is 5.96. The Balaban J connectivity index is 2.21. The van der Waals surface area contributed by atoms with Gasteiger partial charge in [-0.05, 0) is 54.0 Å². The van der Waals surface area contributed by atoms with Crippen molar-refractivity contribution in [3.63, 3.8) is 0 Å². The summed E-state index contributed by atoms with van der Waals surface area (Å²) < 4.78 is 0. The first-order valence-corrected chi connectivity index (χ1v) is 7.45. The molecule has 2 aromatic rings. The van der Waals surface area contributed by atoms with Crippen molar-refractivity contribution in [3.8, 4) is 0 Å². The van der Waals surface area contributed by atoms with Gasteiger partial charge in [-0.2, -0.15) is 0 Å². The first-order chi connectivity index (χ1) is 10.7. The van der Waals surface area contributed by atoms with E-state index in [4.69, 9.17) is 11.6 Å². The van der Waals surface area contributed by atoms with E-state index in [2.05, 4.69) is 17.6 Å². The molecule has 0 aliphatic rings.